The molecule has 1 aliphatic heterocycles. The van der Waals surface area contributed by atoms with E-state index in [1.807, 2.05) is 0 Å². The molecule has 1 heterocycles. The molecule has 0 aromatic heterocycles. The Balaban J connectivity index is 2.32. The van der Waals surface area contributed by atoms with Crippen LogP contribution < -0.4 is 5.43 Å². The van der Waals surface area contributed by atoms with Crippen LogP contribution in [0.25, 0.3) is 6.08 Å². The standard InChI is InChI=1S/C11H8Cl2N2OS2/c1-14-15-10(16)9(18-11(15)17)5-6-2-3-7(12)8(13)4-6/h2-5,14H,1H3/b9-5+. The van der Waals surface area contributed by atoms with E-state index in [2.05, 4.69) is 5.43 Å². The fourth-order valence-corrected chi connectivity index (χ4v) is 2.99. The van der Waals surface area contributed by atoms with Gasteiger partial charge in [-0.25, -0.2) is 10.4 Å². The summed E-state index contributed by atoms with van der Waals surface area (Å²) >= 11 is 18.1. The Labute approximate surface area is 124 Å². The molecule has 0 bridgehead atoms. The van der Waals surface area contributed by atoms with Gasteiger partial charge in [0.2, 0.25) is 0 Å². The number of halogens is 2. The summed E-state index contributed by atoms with van der Waals surface area (Å²) in [5, 5.41) is 2.26. The summed E-state index contributed by atoms with van der Waals surface area (Å²) in [4.78, 5) is 12.5. The molecule has 1 saturated heterocycles. The Hall–Kier alpha value is -0.590. The second-order valence-electron chi connectivity index (χ2n) is 3.41. The average Bonchev–Trinajstić information content (AvgIpc) is 2.59. The maximum Gasteiger partial charge on any atom is 0.280 e. The molecule has 1 aromatic rings. The van der Waals surface area contributed by atoms with Crippen molar-refractivity contribution in [3.63, 3.8) is 0 Å². The summed E-state index contributed by atoms with van der Waals surface area (Å²) in [6.07, 6.45) is 1.73. The molecule has 1 fully saturated rings. The second-order valence-corrected chi connectivity index (χ2v) is 5.90. The van der Waals surface area contributed by atoms with Crippen molar-refractivity contribution in [1.29, 1.82) is 0 Å². The van der Waals surface area contributed by atoms with Crippen molar-refractivity contribution < 1.29 is 4.79 Å². The molecule has 0 atom stereocenters. The third kappa shape index (κ3) is 2.70. The van der Waals surface area contributed by atoms with Gasteiger partial charge in [0, 0.05) is 7.05 Å². The van der Waals surface area contributed by atoms with E-state index < -0.39 is 0 Å². The van der Waals surface area contributed by atoms with Gasteiger partial charge in [-0.05, 0) is 23.8 Å². The van der Waals surface area contributed by atoms with Gasteiger partial charge >= 0.3 is 0 Å². The number of nitrogens with zero attached hydrogens (tertiary/aromatic N) is 1. The molecule has 94 valence electrons. The number of thiocarbonyl (C=S) groups is 1. The van der Waals surface area contributed by atoms with E-state index in [9.17, 15) is 4.79 Å². The minimum atomic E-state index is -0.168. The molecule has 2 rings (SSSR count). The van der Waals surface area contributed by atoms with Gasteiger partial charge in [-0.3, -0.25) is 4.79 Å². The highest BCUT2D eigenvalue weighted by atomic mass is 35.5. The summed E-state index contributed by atoms with van der Waals surface area (Å²) in [6.45, 7) is 0. The monoisotopic (exact) mass is 318 g/mol. The van der Waals surface area contributed by atoms with Crippen LogP contribution in [0.4, 0.5) is 0 Å². The van der Waals surface area contributed by atoms with E-state index in [0.29, 0.717) is 19.3 Å². The van der Waals surface area contributed by atoms with Gasteiger partial charge < -0.3 is 0 Å². The summed E-state index contributed by atoms with van der Waals surface area (Å²) in [7, 11) is 1.65. The highest BCUT2D eigenvalue weighted by Gasteiger charge is 2.31. The van der Waals surface area contributed by atoms with Gasteiger partial charge in [-0.1, -0.05) is 53.2 Å². The van der Waals surface area contributed by atoms with Gasteiger partial charge in [-0.15, -0.1) is 0 Å². The first-order valence-corrected chi connectivity index (χ1v) is 6.91. The molecule has 0 saturated carbocycles. The van der Waals surface area contributed by atoms with Crippen LogP contribution in [0, 0.1) is 0 Å². The zero-order valence-electron chi connectivity index (χ0n) is 9.24. The zero-order chi connectivity index (χ0) is 13.3. The fourth-order valence-electron chi connectivity index (χ4n) is 1.41. The van der Waals surface area contributed by atoms with Crippen LogP contribution in [-0.4, -0.2) is 22.3 Å². The Morgan fingerprint density at radius 2 is 2.11 bits per heavy atom. The Morgan fingerprint density at radius 3 is 2.67 bits per heavy atom. The minimum absolute atomic E-state index is 0.168. The van der Waals surface area contributed by atoms with Crippen molar-refractivity contribution in [3.8, 4) is 0 Å². The topological polar surface area (TPSA) is 32.3 Å². The third-order valence-corrected chi connectivity index (χ3v) is 4.30. The van der Waals surface area contributed by atoms with Crippen LogP contribution in [0.5, 0.6) is 0 Å². The number of amides is 1. The van der Waals surface area contributed by atoms with Gasteiger partial charge in [0.05, 0.1) is 15.0 Å². The zero-order valence-corrected chi connectivity index (χ0v) is 12.4. The van der Waals surface area contributed by atoms with Crippen LogP contribution >= 0.6 is 47.2 Å². The lowest BCUT2D eigenvalue weighted by Crippen LogP contribution is -2.38. The summed E-state index contributed by atoms with van der Waals surface area (Å²) < 4.78 is 0.480. The summed E-state index contributed by atoms with van der Waals surface area (Å²) in [6, 6.07) is 5.19. The van der Waals surface area contributed by atoms with Crippen molar-refractivity contribution in [2.45, 2.75) is 0 Å². The van der Waals surface area contributed by atoms with Crippen LogP contribution in [0.1, 0.15) is 5.56 Å². The highest BCUT2D eigenvalue weighted by Crippen LogP contribution is 2.32. The molecular formula is C11H8Cl2N2OS2. The van der Waals surface area contributed by atoms with E-state index in [0.717, 1.165) is 5.56 Å². The third-order valence-electron chi connectivity index (χ3n) is 2.26. The largest absolute Gasteiger partial charge is 0.280 e. The molecule has 1 N–H and O–H groups in total. The predicted octanol–water partition coefficient (Wildman–Crippen LogP) is 3.33. The van der Waals surface area contributed by atoms with E-state index in [1.54, 1.807) is 31.3 Å². The second kappa shape index (κ2) is 5.59. The SMILES string of the molecule is CNN1C(=O)/C(=C\c2ccc(Cl)c(Cl)c2)SC1=S. The smallest absolute Gasteiger partial charge is 0.267 e. The lowest BCUT2D eigenvalue weighted by atomic mass is 10.2. The normalized spacial score (nSPS) is 17.9. The fraction of sp³-hybridized carbons (Fsp3) is 0.0909. The number of hydrazine groups is 1. The number of benzene rings is 1. The van der Waals surface area contributed by atoms with E-state index in [4.69, 9.17) is 35.4 Å². The van der Waals surface area contributed by atoms with Crippen LogP contribution in [-0.2, 0) is 4.79 Å². The Kier molecular flexibility index (Phi) is 4.29. The maximum absolute atomic E-state index is 11.9. The van der Waals surface area contributed by atoms with Crippen molar-refractivity contribution >= 4 is 63.5 Å². The number of nitrogens with one attached hydrogen (secondary N) is 1. The molecule has 0 spiro atoms. The Morgan fingerprint density at radius 1 is 1.39 bits per heavy atom. The molecule has 7 heteroatoms. The van der Waals surface area contributed by atoms with Gasteiger partial charge in [0.25, 0.3) is 5.91 Å². The number of rotatable bonds is 2. The quantitative estimate of drug-likeness (QED) is 0.669. The molecule has 1 amide bonds. The van der Waals surface area contributed by atoms with Gasteiger partial charge in [0.1, 0.15) is 0 Å². The van der Waals surface area contributed by atoms with Crippen LogP contribution in [0.2, 0.25) is 10.0 Å². The Bertz CT molecular complexity index is 560. The highest BCUT2D eigenvalue weighted by molar-refractivity contribution is 8.26. The first-order chi connectivity index (χ1) is 8.52. The molecular weight excluding hydrogens is 311 g/mol. The minimum Gasteiger partial charge on any atom is -0.267 e. The molecule has 18 heavy (non-hydrogen) atoms. The molecule has 3 nitrogen and oxygen atoms in total. The number of thioether (sulfide) groups is 1. The lowest BCUT2D eigenvalue weighted by molar-refractivity contribution is -0.123. The number of carbonyl (C=O) groups excluding carboxylic acids is 1. The van der Waals surface area contributed by atoms with E-state index in [1.165, 1.54) is 16.8 Å². The molecule has 0 radical (unpaired) electrons. The van der Waals surface area contributed by atoms with E-state index >= 15 is 0 Å². The van der Waals surface area contributed by atoms with Crippen LogP contribution in [0.15, 0.2) is 23.1 Å². The van der Waals surface area contributed by atoms with Crippen molar-refractivity contribution in [2.24, 2.45) is 0 Å². The van der Waals surface area contributed by atoms with Gasteiger partial charge in [0.15, 0.2) is 4.32 Å². The number of carbonyl (C=O) groups is 1. The summed E-state index contributed by atoms with van der Waals surface area (Å²) in [5.74, 6) is -0.168. The maximum atomic E-state index is 11.9. The average molecular weight is 319 g/mol. The molecule has 1 aliphatic rings. The lowest BCUT2D eigenvalue weighted by Gasteiger charge is -2.10. The van der Waals surface area contributed by atoms with Crippen LogP contribution in [0.3, 0.4) is 0 Å². The number of hydrogen-bond acceptors (Lipinski definition) is 4. The first-order valence-electron chi connectivity index (χ1n) is 4.93. The predicted molar refractivity (Wildman–Crippen MR) is 80.5 cm³/mol. The molecule has 0 aliphatic carbocycles. The van der Waals surface area contributed by atoms with Crippen molar-refractivity contribution in [3.05, 3.63) is 38.7 Å². The van der Waals surface area contributed by atoms with Crippen molar-refractivity contribution in [1.82, 2.24) is 10.4 Å². The van der Waals surface area contributed by atoms with E-state index in [-0.39, 0.29) is 5.91 Å². The molecule has 0 unspecified atom stereocenters. The summed E-state index contributed by atoms with van der Waals surface area (Å²) in [5.41, 5.74) is 3.54. The number of hydrogen-bond donors (Lipinski definition) is 1. The first kappa shape index (κ1) is 13.8. The van der Waals surface area contributed by atoms with Gasteiger partial charge in [-0.2, -0.15) is 0 Å². The van der Waals surface area contributed by atoms with Crippen molar-refractivity contribution in [2.75, 3.05) is 7.05 Å². The molecule has 1 aromatic carbocycles.